The van der Waals surface area contributed by atoms with Gasteiger partial charge in [-0.25, -0.2) is 4.39 Å². The molecule has 1 aromatic carbocycles. The van der Waals surface area contributed by atoms with E-state index in [0.717, 1.165) is 0 Å². The molecule has 3 rings (SSSR count). The minimum absolute atomic E-state index is 0.303. The summed E-state index contributed by atoms with van der Waals surface area (Å²) in [4.78, 5) is 0. The third-order valence-electron chi connectivity index (χ3n) is 4.14. The molecule has 1 aromatic rings. The lowest BCUT2D eigenvalue weighted by atomic mass is 9.99. The van der Waals surface area contributed by atoms with Gasteiger partial charge in [0.15, 0.2) is 0 Å². The highest BCUT2D eigenvalue weighted by Gasteiger charge is 2.56. The average molecular weight is 285 g/mol. The first-order chi connectivity index (χ1) is 7.70. The van der Waals surface area contributed by atoms with Gasteiger partial charge in [0.2, 0.25) is 0 Å². The Bertz CT molecular complexity index is 410. The molecule has 0 bridgehead atoms. The molecule has 1 nitrogen and oxygen atoms in total. The Labute approximate surface area is 103 Å². The number of hydrogen-bond donors (Lipinski definition) is 1. The van der Waals surface area contributed by atoms with E-state index in [0.29, 0.717) is 27.8 Å². The molecule has 0 heterocycles. The van der Waals surface area contributed by atoms with Crippen LogP contribution < -0.4 is 0 Å². The van der Waals surface area contributed by atoms with Crippen LogP contribution >= 0.6 is 15.9 Å². The van der Waals surface area contributed by atoms with Crippen LogP contribution in [0.1, 0.15) is 30.9 Å². The fourth-order valence-corrected chi connectivity index (χ4v) is 3.68. The van der Waals surface area contributed by atoms with Gasteiger partial charge < -0.3 is 5.11 Å². The molecule has 0 amide bonds. The number of halogens is 2. The molecule has 2 saturated carbocycles. The second kappa shape index (κ2) is 3.81. The zero-order chi connectivity index (χ0) is 11.3. The molecular weight excluding hydrogens is 271 g/mol. The van der Waals surface area contributed by atoms with Crippen molar-refractivity contribution in [1.29, 1.82) is 0 Å². The van der Waals surface area contributed by atoms with Gasteiger partial charge in [-0.05, 0) is 52.6 Å². The van der Waals surface area contributed by atoms with Crippen LogP contribution in [0.2, 0.25) is 0 Å². The average Bonchev–Trinajstić information content (AvgIpc) is 2.75. The summed E-state index contributed by atoms with van der Waals surface area (Å²) in [5.74, 6) is 1.29. The van der Waals surface area contributed by atoms with Crippen molar-refractivity contribution in [1.82, 2.24) is 0 Å². The van der Waals surface area contributed by atoms with Crippen LogP contribution in [0.25, 0.3) is 0 Å². The van der Waals surface area contributed by atoms with Crippen molar-refractivity contribution in [3.63, 3.8) is 0 Å². The third kappa shape index (κ3) is 1.52. The van der Waals surface area contributed by atoms with Crippen LogP contribution in [-0.2, 0) is 0 Å². The molecule has 0 aromatic heterocycles. The highest BCUT2D eigenvalue weighted by Crippen LogP contribution is 2.62. The molecule has 2 aliphatic rings. The summed E-state index contributed by atoms with van der Waals surface area (Å²) in [6.07, 6.45) is 3.08. The maximum absolute atomic E-state index is 13.8. The highest BCUT2D eigenvalue weighted by atomic mass is 79.9. The van der Waals surface area contributed by atoms with Crippen LogP contribution in [0.15, 0.2) is 22.7 Å². The van der Waals surface area contributed by atoms with Gasteiger partial charge >= 0.3 is 0 Å². The van der Waals surface area contributed by atoms with Crippen LogP contribution in [-0.4, -0.2) is 5.11 Å². The maximum Gasteiger partial charge on any atom is 0.143 e. The molecule has 1 N–H and O–H groups in total. The van der Waals surface area contributed by atoms with Crippen molar-refractivity contribution >= 4 is 15.9 Å². The minimum Gasteiger partial charge on any atom is -0.388 e. The van der Waals surface area contributed by atoms with Gasteiger partial charge in [-0.3, -0.25) is 0 Å². The lowest BCUT2D eigenvalue weighted by Crippen LogP contribution is -2.07. The largest absolute Gasteiger partial charge is 0.388 e. The Kier molecular flexibility index (Phi) is 2.55. The molecule has 3 heteroatoms. The SMILES string of the molecule is OC(c1cccc(Br)c1F)C1C2CCCC21. The summed E-state index contributed by atoms with van der Waals surface area (Å²) in [5.41, 5.74) is 0.453. The van der Waals surface area contributed by atoms with Crippen molar-refractivity contribution in [3.05, 3.63) is 34.1 Å². The van der Waals surface area contributed by atoms with Gasteiger partial charge in [0, 0.05) is 5.56 Å². The third-order valence-corrected chi connectivity index (χ3v) is 4.75. The predicted octanol–water partition coefficient (Wildman–Crippen LogP) is 3.67. The smallest absolute Gasteiger partial charge is 0.143 e. The van der Waals surface area contributed by atoms with Gasteiger partial charge in [0.05, 0.1) is 10.6 Å². The Morgan fingerprint density at radius 1 is 1.31 bits per heavy atom. The summed E-state index contributed by atoms with van der Waals surface area (Å²) < 4.78 is 14.2. The Morgan fingerprint density at radius 3 is 2.69 bits per heavy atom. The van der Waals surface area contributed by atoms with Crippen molar-refractivity contribution in [3.8, 4) is 0 Å². The monoisotopic (exact) mass is 284 g/mol. The van der Waals surface area contributed by atoms with Gasteiger partial charge in [-0.1, -0.05) is 18.6 Å². The second-order valence-electron chi connectivity index (χ2n) is 4.92. The van der Waals surface area contributed by atoms with Crippen LogP contribution in [0.5, 0.6) is 0 Å². The van der Waals surface area contributed by atoms with Crippen molar-refractivity contribution < 1.29 is 9.50 Å². The molecule has 0 saturated heterocycles. The number of aliphatic hydroxyl groups is 1. The first-order valence-corrected chi connectivity index (χ1v) is 6.61. The van der Waals surface area contributed by atoms with Crippen LogP contribution in [0.3, 0.4) is 0 Å². The van der Waals surface area contributed by atoms with Gasteiger partial charge in [-0.2, -0.15) is 0 Å². The molecule has 3 atom stereocenters. The van der Waals surface area contributed by atoms with Crippen molar-refractivity contribution in [2.24, 2.45) is 17.8 Å². The summed E-state index contributed by atoms with van der Waals surface area (Å²) >= 11 is 3.16. The standard InChI is InChI=1S/C13H14BrFO/c14-10-6-2-5-9(12(10)15)13(16)11-7-3-1-4-8(7)11/h2,5-8,11,13,16H,1,3-4H2. The Hall–Kier alpha value is -0.410. The molecule has 86 valence electrons. The van der Waals surface area contributed by atoms with E-state index < -0.39 is 6.10 Å². The fourth-order valence-electron chi connectivity index (χ4n) is 3.30. The van der Waals surface area contributed by atoms with Crippen LogP contribution in [0.4, 0.5) is 4.39 Å². The minimum atomic E-state index is -0.618. The number of aliphatic hydroxyl groups excluding tert-OH is 1. The van der Waals surface area contributed by atoms with Crippen molar-refractivity contribution in [2.45, 2.75) is 25.4 Å². The molecule has 0 aliphatic heterocycles. The molecule has 0 radical (unpaired) electrons. The van der Waals surface area contributed by atoms with Gasteiger partial charge in [0.1, 0.15) is 5.82 Å². The molecule has 0 spiro atoms. The zero-order valence-electron chi connectivity index (χ0n) is 8.87. The molecule has 2 fully saturated rings. The van der Waals surface area contributed by atoms with Crippen molar-refractivity contribution in [2.75, 3.05) is 0 Å². The normalized spacial score (nSPS) is 33.6. The second-order valence-corrected chi connectivity index (χ2v) is 5.78. The van der Waals surface area contributed by atoms with E-state index in [-0.39, 0.29) is 5.82 Å². The number of benzene rings is 1. The Morgan fingerprint density at radius 2 is 2.00 bits per heavy atom. The molecular formula is C13H14BrFO. The summed E-state index contributed by atoms with van der Waals surface area (Å²) in [6, 6.07) is 5.14. The highest BCUT2D eigenvalue weighted by molar-refractivity contribution is 9.10. The van der Waals surface area contributed by atoms with E-state index in [4.69, 9.17) is 0 Å². The first kappa shape index (κ1) is 10.7. The molecule has 3 unspecified atom stereocenters. The van der Waals surface area contributed by atoms with E-state index in [2.05, 4.69) is 15.9 Å². The van der Waals surface area contributed by atoms with E-state index >= 15 is 0 Å². The van der Waals surface area contributed by atoms with E-state index in [9.17, 15) is 9.50 Å². The van der Waals surface area contributed by atoms with Crippen LogP contribution in [0, 0.1) is 23.6 Å². The number of fused-ring (bicyclic) bond motifs is 1. The molecule has 2 aliphatic carbocycles. The molecule has 16 heavy (non-hydrogen) atoms. The number of hydrogen-bond acceptors (Lipinski definition) is 1. The summed E-state index contributed by atoms with van der Waals surface area (Å²) in [7, 11) is 0. The fraction of sp³-hybridized carbons (Fsp3) is 0.538. The first-order valence-electron chi connectivity index (χ1n) is 5.82. The van der Waals surface area contributed by atoms with Gasteiger partial charge in [-0.15, -0.1) is 0 Å². The summed E-state index contributed by atoms with van der Waals surface area (Å²) in [5, 5.41) is 10.2. The number of rotatable bonds is 2. The van der Waals surface area contributed by atoms with E-state index in [1.165, 1.54) is 19.3 Å². The van der Waals surface area contributed by atoms with Gasteiger partial charge in [0.25, 0.3) is 0 Å². The van der Waals surface area contributed by atoms with E-state index in [1.807, 2.05) is 0 Å². The summed E-state index contributed by atoms with van der Waals surface area (Å²) in [6.45, 7) is 0. The quantitative estimate of drug-likeness (QED) is 0.879. The maximum atomic E-state index is 13.8. The zero-order valence-corrected chi connectivity index (χ0v) is 10.5. The topological polar surface area (TPSA) is 20.2 Å². The Balaban J connectivity index is 1.85. The lowest BCUT2D eigenvalue weighted by molar-refractivity contribution is 0.133. The van der Waals surface area contributed by atoms with E-state index in [1.54, 1.807) is 18.2 Å². The predicted molar refractivity (Wildman–Crippen MR) is 63.4 cm³/mol. The lowest BCUT2D eigenvalue weighted by Gasteiger charge is -2.14.